The van der Waals surface area contributed by atoms with Gasteiger partial charge in [0.25, 0.3) is 0 Å². The molecular weight excluding hydrogens is 548 g/mol. The van der Waals surface area contributed by atoms with E-state index in [4.69, 9.17) is 0 Å². The number of halogens is 2. The second kappa shape index (κ2) is 10.0. The van der Waals surface area contributed by atoms with Crippen LogP contribution in [0.1, 0.15) is 13.3 Å². The summed E-state index contributed by atoms with van der Waals surface area (Å²) in [5, 5.41) is 29.3. The molecule has 9 nitrogen and oxygen atoms in total. The summed E-state index contributed by atoms with van der Waals surface area (Å²) in [4.78, 5) is 37.3. The number of hydrogen-bond donors (Lipinski definition) is 3. The van der Waals surface area contributed by atoms with Crippen molar-refractivity contribution in [2.24, 2.45) is 0 Å². The number of aliphatic hydroxyl groups is 3. The Kier molecular flexibility index (Phi) is 9.11. The molecule has 3 N–H and O–H groups in total. The Balaban J connectivity index is 3.55. The normalized spacial score (nSPS) is 15.2. The lowest BCUT2D eigenvalue weighted by Crippen LogP contribution is -2.57. The molecule has 0 saturated carbocycles. The minimum absolute atomic E-state index is 0.255. The van der Waals surface area contributed by atoms with Crippen molar-refractivity contribution in [3.63, 3.8) is 0 Å². The van der Waals surface area contributed by atoms with Gasteiger partial charge in [-0.25, -0.2) is 28.1 Å². The van der Waals surface area contributed by atoms with Gasteiger partial charge in [-0.2, -0.15) is 0 Å². The zero-order valence-electron chi connectivity index (χ0n) is 13.1. The Morgan fingerprint density at radius 3 is 1.29 bits per heavy atom. The Bertz CT molecular complexity index is 588. The quantitative estimate of drug-likeness (QED) is 0.247. The largest absolute Gasteiger partial charge is 0.391 e. The molecule has 1 aromatic rings. The van der Waals surface area contributed by atoms with Crippen molar-refractivity contribution in [1.29, 1.82) is 0 Å². The summed E-state index contributed by atoms with van der Waals surface area (Å²) in [6.07, 6.45) is -2.45. The average Bonchev–Trinajstić information content (AvgIpc) is 2.58. The Hall–Kier alpha value is -0.250. The predicted octanol–water partition coefficient (Wildman–Crippen LogP) is -1.47. The summed E-state index contributed by atoms with van der Waals surface area (Å²) in [6.45, 7) is 0.923. The first-order valence-corrected chi connectivity index (χ1v) is 10.4. The highest BCUT2D eigenvalue weighted by atomic mass is 127. The van der Waals surface area contributed by atoms with Crippen molar-refractivity contribution in [3.05, 3.63) is 31.5 Å². The summed E-state index contributed by atoms with van der Waals surface area (Å²) < 4.78 is 2.92. The van der Waals surface area contributed by atoms with Crippen molar-refractivity contribution >= 4 is 45.2 Å². The van der Waals surface area contributed by atoms with Crippen LogP contribution >= 0.6 is 45.2 Å². The molecule has 0 aromatic carbocycles. The van der Waals surface area contributed by atoms with Gasteiger partial charge in [-0.1, -0.05) is 52.1 Å². The van der Waals surface area contributed by atoms with Gasteiger partial charge in [0.05, 0.1) is 37.9 Å². The van der Waals surface area contributed by atoms with Crippen LogP contribution in [0.3, 0.4) is 0 Å². The highest BCUT2D eigenvalue weighted by Crippen LogP contribution is 1.96. The Labute approximate surface area is 165 Å². The zero-order valence-corrected chi connectivity index (χ0v) is 17.5. The lowest BCUT2D eigenvalue weighted by atomic mass is 10.3. The van der Waals surface area contributed by atoms with Crippen molar-refractivity contribution < 1.29 is 15.3 Å². The fraction of sp³-hybridized carbons (Fsp3) is 0.769. The van der Waals surface area contributed by atoms with E-state index in [2.05, 4.69) is 0 Å². The summed E-state index contributed by atoms with van der Waals surface area (Å²) in [7, 11) is 0. The molecule has 0 bridgehead atoms. The maximum atomic E-state index is 12.4. The van der Waals surface area contributed by atoms with E-state index in [0.717, 1.165) is 13.7 Å². The van der Waals surface area contributed by atoms with Gasteiger partial charge < -0.3 is 15.3 Å². The fourth-order valence-corrected chi connectivity index (χ4v) is 2.57. The van der Waals surface area contributed by atoms with E-state index in [1.54, 1.807) is 6.92 Å². The third-order valence-electron chi connectivity index (χ3n) is 3.39. The lowest BCUT2D eigenvalue weighted by molar-refractivity contribution is 0.136. The van der Waals surface area contributed by atoms with E-state index in [9.17, 15) is 29.7 Å². The highest BCUT2D eigenvalue weighted by molar-refractivity contribution is 14.1. The van der Waals surface area contributed by atoms with Crippen molar-refractivity contribution in [1.82, 2.24) is 13.7 Å². The van der Waals surface area contributed by atoms with Crippen LogP contribution in [0.4, 0.5) is 0 Å². The number of rotatable bonds is 9. The van der Waals surface area contributed by atoms with E-state index in [-0.39, 0.29) is 19.6 Å². The van der Waals surface area contributed by atoms with E-state index in [1.807, 2.05) is 45.2 Å². The maximum Gasteiger partial charge on any atom is 0.336 e. The summed E-state index contributed by atoms with van der Waals surface area (Å²) in [6, 6.07) is 0. The molecule has 0 saturated heterocycles. The van der Waals surface area contributed by atoms with Gasteiger partial charge in [0.1, 0.15) is 0 Å². The second-order valence-corrected chi connectivity index (χ2v) is 7.12. The van der Waals surface area contributed by atoms with Crippen LogP contribution in [0.2, 0.25) is 0 Å². The molecule has 0 radical (unpaired) electrons. The molecule has 0 spiro atoms. The monoisotopic (exact) mass is 569 g/mol. The number of aromatic nitrogens is 3. The third kappa shape index (κ3) is 5.37. The first kappa shape index (κ1) is 21.8. The molecule has 0 aliphatic heterocycles. The molecule has 0 amide bonds. The van der Waals surface area contributed by atoms with Crippen LogP contribution in [0.5, 0.6) is 0 Å². The molecule has 1 rings (SSSR count). The topological polar surface area (TPSA) is 127 Å². The van der Waals surface area contributed by atoms with Crippen LogP contribution in [-0.2, 0) is 19.6 Å². The van der Waals surface area contributed by atoms with Crippen LogP contribution in [-0.4, -0.2) is 56.2 Å². The van der Waals surface area contributed by atoms with Crippen LogP contribution < -0.4 is 17.1 Å². The lowest BCUT2D eigenvalue weighted by Gasteiger charge is -2.17. The molecule has 1 heterocycles. The van der Waals surface area contributed by atoms with Gasteiger partial charge in [-0.15, -0.1) is 0 Å². The first-order valence-electron chi connectivity index (χ1n) is 7.37. The van der Waals surface area contributed by atoms with Gasteiger partial charge in [-0.05, 0) is 6.42 Å². The van der Waals surface area contributed by atoms with Crippen LogP contribution in [0.25, 0.3) is 0 Å². The molecule has 3 unspecified atom stereocenters. The number of alkyl halides is 2. The smallest absolute Gasteiger partial charge is 0.336 e. The number of aliphatic hydroxyl groups excluding tert-OH is 3. The van der Waals surface area contributed by atoms with Crippen molar-refractivity contribution in [2.75, 3.05) is 8.86 Å². The SMILES string of the molecule is CCC(O)Cn1c(=O)n(CC(O)CI)c(=O)n(CC(O)CI)c1=O. The minimum Gasteiger partial charge on any atom is -0.391 e. The van der Waals surface area contributed by atoms with Crippen molar-refractivity contribution in [3.8, 4) is 0 Å². The second-order valence-electron chi connectivity index (χ2n) is 5.36. The first-order chi connectivity index (χ1) is 11.3. The van der Waals surface area contributed by atoms with Crippen LogP contribution in [0, 0.1) is 0 Å². The highest BCUT2D eigenvalue weighted by Gasteiger charge is 2.20. The fourth-order valence-electron chi connectivity index (χ4n) is 2.01. The van der Waals surface area contributed by atoms with E-state index in [1.165, 1.54) is 0 Å². The average molecular weight is 569 g/mol. The van der Waals surface area contributed by atoms with Crippen LogP contribution in [0.15, 0.2) is 14.4 Å². The van der Waals surface area contributed by atoms with Gasteiger partial charge in [0.15, 0.2) is 0 Å². The molecule has 0 aliphatic carbocycles. The number of nitrogens with zero attached hydrogens (tertiary/aromatic N) is 3. The molecule has 1 aromatic heterocycles. The molecule has 11 heteroatoms. The summed E-state index contributed by atoms with van der Waals surface area (Å²) >= 11 is 3.83. The van der Waals surface area contributed by atoms with Gasteiger partial charge >= 0.3 is 17.1 Å². The zero-order chi connectivity index (χ0) is 18.4. The molecule has 0 aliphatic rings. The Morgan fingerprint density at radius 2 is 1.04 bits per heavy atom. The van der Waals surface area contributed by atoms with E-state index < -0.39 is 35.4 Å². The maximum absolute atomic E-state index is 12.4. The van der Waals surface area contributed by atoms with Gasteiger partial charge in [0.2, 0.25) is 0 Å². The summed E-state index contributed by atoms with van der Waals surface area (Å²) in [5.41, 5.74) is -2.62. The molecule has 24 heavy (non-hydrogen) atoms. The molecular formula is C13H21I2N3O6. The van der Waals surface area contributed by atoms with Crippen molar-refractivity contribution in [2.45, 2.75) is 51.3 Å². The Morgan fingerprint density at radius 1 is 0.750 bits per heavy atom. The van der Waals surface area contributed by atoms with Gasteiger partial charge in [0, 0.05) is 8.86 Å². The predicted molar refractivity (Wildman–Crippen MR) is 105 cm³/mol. The molecule has 138 valence electrons. The van der Waals surface area contributed by atoms with Gasteiger partial charge in [-0.3, -0.25) is 0 Å². The number of hydrogen-bond acceptors (Lipinski definition) is 6. The minimum atomic E-state index is -0.930. The molecule has 3 atom stereocenters. The molecule has 0 fully saturated rings. The van der Waals surface area contributed by atoms with E-state index in [0.29, 0.717) is 15.3 Å². The third-order valence-corrected chi connectivity index (χ3v) is 5.43. The standard InChI is InChI=1S/C13H21I2N3O6/c1-2-8(19)5-16-11(22)17(6-9(20)3-14)13(24)18(12(16)23)7-10(21)4-15/h8-10,19-21H,2-7H2,1H3. The summed E-state index contributed by atoms with van der Waals surface area (Å²) in [5.74, 6) is 0. The van der Waals surface area contributed by atoms with E-state index >= 15 is 0 Å².